The SMILES string of the molecule is COC1(CC(=O)NCc2ccc(-c3scnc3C)cc2)CCC1. The maximum atomic E-state index is 12.1. The van der Waals surface area contributed by atoms with Crippen molar-refractivity contribution in [1.29, 1.82) is 0 Å². The van der Waals surface area contributed by atoms with E-state index in [0.29, 0.717) is 13.0 Å². The molecule has 0 radical (unpaired) electrons. The van der Waals surface area contributed by atoms with E-state index in [1.165, 1.54) is 10.4 Å². The highest BCUT2D eigenvalue weighted by molar-refractivity contribution is 7.13. The van der Waals surface area contributed by atoms with Gasteiger partial charge in [-0.05, 0) is 37.3 Å². The number of nitrogens with zero attached hydrogens (tertiary/aromatic N) is 1. The van der Waals surface area contributed by atoms with Gasteiger partial charge in [-0.1, -0.05) is 24.3 Å². The molecule has 0 atom stereocenters. The van der Waals surface area contributed by atoms with Crippen LogP contribution in [0.1, 0.15) is 36.9 Å². The van der Waals surface area contributed by atoms with Gasteiger partial charge in [0.2, 0.25) is 5.91 Å². The molecule has 0 aliphatic heterocycles. The molecule has 0 unspecified atom stereocenters. The second kappa shape index (κ2) is 6.81. The number of hydrogen-bond acceptors (Lipinski definition) is 4. The van der Waals surface area contributed by atoms with Gasteiger partial charge in [-0.25, -0.2) is 4.98 Å². The van der Waals surface area contributed by atoms with Gasteiger partial charge in [-0.3, -0.25) is 4.79 Å². The topological polar surface area (TPSA) is 51.2 Å². The lowest BCUT2D eigenvalue weighted by molar-refractivity contribution is -0.134. The van der Waals surface area contributed by atoms with Crippen LogP contribution in [-0.4, -0.2) is 23.6 Å². The number of thiazole rings is 1. The van der Waals surface area contributed by atoms with Gasteiger partial charge >= 0.3 is 0 Å². The molecule has 1 aromatic carbocycles. The quantitative estimate of drug-likeness (QED) is 0.879. The third-order valence-corrected chi connectivity index (χ3v) is 5.61. The minimum Gasteiger partial charge on any atom is -0.378 e. The molecule has 1 fully saturated rings. The monoisotopic (exact) mass is 330 g/mol. The summed E-state index contributed by atoms with van der Waals surface area (Å²) in [6, 6.07) is 8.30. The second-order valence-corrected chi connectivity index (χ2v) is 7.01. The maximum Gasteiger partial charge on any atom is 0.223 e. The van der Waals surface area contributed by atoms with Crippen molar-refractivity contribution in [2.75, 3.05) is 7.11 Å². The molecule has 1 aliphatic rings. The van der Waals surface area contributed by atoms with Crippen molar-refractivity contribution in [3.05, 3.63) is 41.0 Å². The first kappa shape index (κ1) is 16.1. The van der Waals surface area contributed by atoms with Gasteiger partial charge in [0.25, 0.3) is 0 Å². The molecule has 1 saturated carbocycles. The Labute approximate surface area is 140 Å². The van der Waals surface area contributed by atoms with Crippen LogP contribution >= 0.6 is 11.3 Å². The van der Waals surface area contributed by atoms with Crippen molar-refractivity contribution in [3.63, 3.8) is 0 Å². The van der Waals surface area contributed by atoms with Crippen LogP contribution in [0.25, 0.3) is 10.4 Å². The summed E-state index contributed by atoms with van der Waals surface area (Å²) < 4.78 is 5.50. The first-order valence-electron chi connectivity index (χ1n) is 7.93. The molecule has 4 nitrogen and oxygen atoms in total. The van der Waals surface area contributed by atoms with Crippen LogP contribution in [-0.2, 0) is 16.1 Å². The minimum absolute atomic E-state index is 0.0638. The molecule has 0 saturated heterocycles. The van der Waals surface area contributed by atoms with Crippen molar-refractivity contribution in [2.45, 2.75) is 44.8 Å². The summed E-state index contributed by atoms with van der Waals surface area (Å²) >= 11 is 1.65. The fourth-order valence-corrected chi connectivity index (χ4v) is 3.74. The summed E-state index contributed by atoms with van der Waals surface area (Å²) in [5.41, 5.74) is 4.99. The smallest absolute Gasteiger partial charge is 0.223 e. The van der Waals surface area contributed by atoms with E-state index in [1.807, 2.05) is 12.4 Å². The van der Waals surface area contributed by atoms with Crippen LogP contribution in [0.3, 0.4) is 0 Å². The van der Waals surface area contributed by atoms with Gasteiger partial charge in [0.15, 0.2) is 0 Å². The Balaban J connectivity index is 1.54. The van der Waals surface area contributed by atoms with Crippen LogP contribution in [0.2, 0.25) is 0 Å². The van der Waals surface area contributed by atoms with Gasteiger partial charge in [-0.15, -0.1) is 11.3 Å². The largest absolute Gasteiger partial charge is 0.378 e. The molecule has 23 heavy (non-hydrogen) atoms. The molecule has 1 amide bonds. The van der Waals surface area contributed by atoms with Gasteiger partial charge in [0.1, 0.15) is 0 Å². The predicted molar refractivity (Wildman–Crippen MR) is 92.3 cm³/mol. The van der Waals surface area contributed by atoms with E-state index in [2.05, 4.69) is 34.6 Å². The Morgan fingerprint density at radius 3 is 2.61 bits per heavy atom. The van der Waals surface area contributed by atoms with Gasteiger partial charge in [-0.2, -0.15) is 0 Å². The minimum atomic E-state index is -0.211. The number of rotatable bonds is 6. The fourth-order valence-electron chi connectivity index (χ4n) is 2.93. The van der Waals surface area contributed by atoms with E-state index in [1.54, 1.807) is 18.4 Å². The number of methoxy groups -OCH3 is 1. The van der Waals surface area contributed by atoms with Crippen molar-refractivity contribution in [1.82, 2.24) is 10.3 Å². The Bertz CT molecular complexity index is 669. The van der Waals surface area contributed by atoms with Gasteiger partial charge in [0, 0.05) is 13.7 Å². The van der Waals surface area contributed by atoms with Crippen molar-refractivity contribution in [3.8, 4) is 10.4 Å². The van der Waals surface area contributed by atoms with Crippen molar-refractivity contribution >= 4 is 17.2 Å². The predicted octanol–water partition coefficient (Wildman–Crippen LogP) is 3.69. The molecule has 2 aromatic rings. The highest BCUT2D eigenvalue weighted by atomic mass is 32.1. The van der Waals surface area contributed by atoms with Crippen LogP contribution in [0.5, 0.6) is 0 Å². The summed E-state index contributed by atoms with van der Waals surface area (Å²) in [7, 11) is 1.70. The summed E-state index contributed by atoms with van der Waals surface area (Å²) in [5.74, 6) is 0.0638. The molecule has 5 heteroatoms. The third kappa shape index (κ3) is 3.62. The Hall–Kier alpha value is -1.72. The zero-order valence-electron chi connectivity index (χ0n) is 13.6. The molecule has 122 valence electrons. The fraction of sp³-hybridized carbons (Fsp3) is 0.444. The second-order valence-electron chi connectivity index (χ2n) is 6.16. The lowest BCUT2D eigenvalue weighted by Crippen LogP contribution is -2.43. The Morgan fingerprint density at radius 2 is 2.09 bits per heavy atom. The number of carbonyl (C=O) groups excluding carboxylic acids is 1. The summed E-state index contributed by atoms with van der Waals surface area (Å²) in [4.78, 5) is 17.6. The van der Waals surface area contributed by atoms with E-state index < -0.39 is 0 Å². The average Bonchev–Trinajstić information content (AvgIpc) is 2.95. The number of carbonyl (C=O) groups is 1. The van der Waals surface area contributed by atoms with Crippen LogP contribution in [0.15, 0.2) is 29.8 Å². The molecule has 0 spiro atoms. The summed E-state index contributed by atoms with van der Waals surface area (Å²) in [5, 5.41) is 2.99. The third-order valence-electron chi connectivity index (χ3n) is 4.63. The Kier molecular flexibility index (Phi) is 4.78. The lowest BCUT2D eigenvalue weighted by Gasteiger charge is -2.39. The first-order chi connectivity index (χ1) is 11.1. The number of nitrogens with one attached hydrogen (secondary N) is 1. The van der Waals surface area contributed by atoms with Gasteiger partial charge < -0.3 is 10.1 Å². The maximum absolute atomic E-state index is 12.1. The summed E-state index contributed by atoms with van der Waals surface area (Å²) in [6.45, 7) is 2.58. The van der Waals surface area contributed by atoms with E-state index in [4.69, 9.17) is 4.74 Å². The van der Waals surface area contributed by atoms with Crippen LogP contribution in [0.4, 0.5) is 0 Å². The van der Waals surface area contributed by atoms with E-state index >= 15 is 0 Å². The number of benzene rings is 1. The lowest BCUT2D eigenvalue weighted by atomic mass is 9.77. The van der Waals surface area contributed by atoms with E-state index in [0.717, 1.165) is 30.5 Å². The zero-order valence-corrected chi connectivity index (χ0v) is 14.4. The summed E-state index contributed by atoms with van der Waals surface area (Å²) in [6.07, 6.45) is 3.58. The first-order valence-corrected chi connectivity index (χ1v) is 8.81. The number of ether oxygens (including phenoxy) is 1. The number of aryl methyl sites for hydroxylation is 1. The highest BCUT2D eigenvalue weighted by Gasteiger charge is 2.38. The molecule has 1 heterocycles. The van der Waals surface area contributed by atoms with Crippen LogP contribution < -0.4 is 5.32 Å². The van der Waals surface area contributed by atoms with E-state index in [9.17, 15) is 4.79 Å². The van der Waals surface area contributed by atoms with Crippen molar-refractivity contribution in [2.24, 2.45) is 0 Å². The van der Waals surface area contributed by atoms with Gasteiger partial charge in [0.05, 0.1) is 28.1 Å². The highest BCUT2D eigenvalue weighted by Crippen LogP contribution is 2.37. The standard InChI is InChI=1S/C18H22N2O2S/c1-13-17(23-12-20-13)15-6-4-14(5-7-15)11-19-16(21)10-18(22-2)8-3-9-18/h4-7,12H,3,8-11H2,1-2H3,(H,19,21). The molecule has 0 bridgehead atoms. The van der Waals surface area contributed by atoms with Crippen molar-refractivity contribution < 1.29 is 9.53 Å². The molecule has 3 rings (SSSR count). The zero-order chi connectivity index (χ0) is 16.3. The average molecular weight is 330 g/mol. The van der Waals surface area contributed by atoms with E-state index in [-0.39, 0.29) is 11.5 Å². The normalized spacial score (nSPS) is 15.9. The molecular weight excluding hydrogens is 308 g/mol. The number of aromatic nitrogens is 1. The number of amides is 1. The molecule has 1 aliphatic carbocycles. The molecular formula is C18H22N2O2S. The molecule has 1 N–H and O–H groups in total. The van der Waals surface area contributed by atoms with Crippen LogP contribution in [0, 0.1) is 6.92 Å². The Morgan fingerprint density at radius 1 is 1.35 bits per heavy atom. The number of hydrogen-bond donors (Lipinski definition) is 1. The molecule has 1 aromatic heterocycles.